The molecule has 0 heterocycles. The summed E-state index contributed by atoms with van der Waals surface area (Å²) in [4.78, 5) is 11.2. The molecule has 0 aromatic heterocycles. The van der Waals surface area contributed by atoms with Crippen LogP contribution in [-0.4, -0.2) is 16.4 Å². The van der Waals surface area contributed by atoms with Gasteiger partial charge in [-0.2, -0.15) is 0 Å². The summed E-state index contributed by atoms with van der Waals surface area (Å²) in [5, 5.41) is 8.22. The molecule has 1 rings (SSSR count). The molecule has 3 N–H and O–H groups in total. The molecule has 13 heavy (non-hydrogen) atoms. The zero-order valence-electron chi connectivity index (χ0n) is 6.61. The highest BCUT2D eigenvalue weighted by Gasteiger charge is 2.12. The largest absolute Gasteiger partial charge is 0.479 e. The monoisotopic (exact) mass is 217 g/mol. The van der Waals surface area contributed by atoms with Gasteiger partial charge in [-0.05, 0) is 24.3 Å². The minimum atomic E-state index is -1.03. The molecule has 1 unspecified atom stereocenters. The third-order valence-electron chi connectivity index (χ3n) is 1.32. The normalized spacial score (nSPS) is 12.5. The van der Waals surface area contributed by atoms with Crippen molar-refractivity contribution in [3.63, 3.8) is 0 Å². The number of benzene rings is 1. The average Bonchev–Trinajstić information content (AvgIpc) is 2.08. The van der Waals surface area contributed by atoms with Crippen molar-refractivity contribution < 1.29 is 9.90 Å². The molecule has 0 aliphatic rings. The Kier molecular flexibility index (Phi) is 3.59. The minimum Gasteiger partial charge on any atom is -0.479 e. The Bertz CT molecular complexity index is 302. The summed E-state index contributed by atoms with van der Waals surface area (Å²) < 4.78 is 0. The number of halogens is 1. The van der Waals surface area contributed by atoms with Crippen molar-refractivity contribution in [1.82, 2.24) is 0 Å². The third-order valence-corrected chi connectivity index (χ3v) is 2.57. The molecular weight excluding hydrogens is 210 g/mol. The van der Waals surface area contributed by atoms with Gasteiger partial charge >= 0.3 is 5.97 Å². The van der Waals surface area contributed by atoms with E-state index in [-0.39, 0.29) is 0 Å². The molecule has 0 fully saturated rings. The second-order valence-corrected chi connectivity index (χ2v) is 3.98. The van der Waals surface area contributed by atoms with Crippen LogP contribution in [0.25, 0.3) is 0 Å². The second-order valence-electron chi connectivity index (χ2n) is 2.33. The van der Waals surface area contributed by atoms with Crippen LogP contribution in [0.1, 0.15) is 0 Å². The molecule has 70 valence electrons. The van der Waals surface area contributed by atoms with Gasteiger partial charge < -0.3 is 10.8 Å². The Labute approximate surface area is 84.9 Å². The molecule has 1 aromatic carbocycles. The Morgan fingerprint density at radius 2 is 2.00 bits per heavy atom. The van der Waals surface area contributed by atoms with Gasteiger partial charge in [-0.15, -0.1) is 0 Å². The molecule has 0 saturated carbocycles. The molecule has 3 nitrogen and oxygen atoms in total. The van der Waals surface area contributed by atoms with Crippen LogP contribution in [0.4, 0.5) is 0 Å². The second kappa shape index (κ2) is 4.50. The molecule has 0 amide bonds. The van der Waals surface area contributed by atoms with E-state index in [1.165, 1.54) is 0 Å². The van der Waals surface area contributed by atoms with E-state index in [9.17, 15) is 4.79 Å². The summed E-state index contributed by atoms with van der Waals surface area (Å²) in [5.41, 5.74) is 5.32. The lowest BCUT2D eigenvalue weighted by Gasteiger charge is -2.05. The van der Waals surface area contributed by atoms with Crippen molar-refractivity contribution in [2.75, 3.05) is 0 Å². The van der Waals surface area contributed by atoms with Gasteiger partial charge in [-0.3, -0.25) is 0 Å². The van der Waals surface area contributed by atoms with E-state index < -0.39 is 11.3 Å². The van der Waals surface area contributed by atoms with Crippen molar-refractivity contribution in [2.45, 2.75) is 10.3 Å². The number of carboxylic acid groups (broad SMARTS) is 1. The quantitative estimate of drug-likeness (QED) is 0.599. The highest BCUT2D eigenvalue weighted by atomic mass is 35.5. The van der Waals surface area contributed by atoms with Gasteiger partial charge in [0.15, 0.2) is 5.37 Å². The number of thioether (sulfide) groups is 1. The molecule has 0 aliphatic carbocycles. The number of hydrogen-bond acceptors (Lipinski definition) is 3. The van der Waals surface area contributed by atoms with Gasteiger partial charge in [-0.1, -0.05) is 23.4 Å². The van der Waals surface area contributed by atoms with Crippen LogP contribution in [0.15, 0.2) is 29.2 Å². The summed E-state index contributed by atoms with van der Waals surface area (Å²) in [5.74, 6) is -1.03. The maximum Gasteiger partial charge on any atom is 0.331 e. The zero-order chi connectivity index (χ0) is 9.84. The van der Waals surface area contributed by atoms with E-state index in [2.05, 4.69) is 0 Å². The van der Waals surface area contributed by atoms with Crippen LogP contribution >= 0.6 is 23.4 Å². The fraction of sp³-hybridized carbons (Fsp3) is 0.125. The summed E-state index contributed by atoms with van der Waals surface area (Å²) in [6, 6.07) is 6.85. The number of aliphatic carboxylic acids is 1. The van der Waals surface area contributed by atoms with E-state index in [0.717, 1.165) is 16.7 Å². The smallest absolute Gasteiger partial charge is 0.331 e. The van der Waals surface area contributed by atoms with Crippen molar-refractivity contribution in [1.29, 1.82) is 0 Å². The zero-order valence-corrected chi connectivity index (χ0v) is 8.18. The first kappa shape index (κ1) is 10.4. The van der Waals surface area contributed by atoms with Gasteiger partial charge in [0.1, 0.15) is 0 Å². The van der Waals surface area contributed by atoms with Crippen molar-refractivity contribution in [3.05, 3.63) is 29.3 Å². The van der Waals surface area contributed by atoms with Crippen LogP contribution < -0.4 is 5.73 Å². The van der Waals surface area contributed by atoms with E-state index in [1.807, 2.05) is 0 Å². The Morgan fingerprint density at radius 1 is 1.46 bits per heavy atom. The molecular formula is C8H8ClNO2S. The molecule has 0 saturated heterocycles. The average molecular weight is 218 g/mol. The van der Waals surface area contributed by atoms with Gasteiger partial charge in [0.05, 0.1) is 0 Å². The van der Waals surface area contributed by atoms with Crippen LogP contribution in [0.2, 0.25) is 5.02 Å². The van der Waals surface area contributed by atoms with Crippen molar-refractivity contribution >= 4 is 29.3 Å². The highest BCUT2D eigenvalue weighted by Crippen LogP contribution is 2.22. The van der Waals surface area contributed by atoms with Crippen LogP contribution in [0.5, 0.6) is 0 Å². The van der Waals surface area contributed by atoms with E-state index >= 15 is 0 Å². The Morgan fingerprint density at radius 3 is 2.46 bits per heavy atom. The summed E-state index contributed by atoms with van der Waals surface area (Å²) in [6.07, 6.45) is 0. The van der Waals surface area contributed by atoms with Crippen molar-refractivity contribution in [2.24, 2.45) is 5.73 Å². The fourth-order valence-corrected chi connectivity index (χ4v) is 1.52. The lowest BCUT2D eigenvalue weighted by atomic mass is 10.4. The SMILES string of the molecule is NC(Sc1ccc(Cl)cc1)C(=O)O. The predicted molar refractivity (Wildman–Crippen MR) is 52.9 cm³/mol. The third kappa shape index (κ3) is 3.26. The first-order chi connectivity index (χ1) is 6.09. The maximum atomic E-state index is 10.4. The van der Waals surface area contributed by atoms with E-state index in [4.69, 9.17) is 22.4 Å². The summed E-state index contributed by atoms with van der Waals surface area (Å²) in [7, 11) is 0. The van der Waals surface area contributed by atoms with E-state index in [1.54, 1.807) is 24.3 Å². The summed E-state index contributed by atoms with van der Waals surface area (Å²) in [6.45, 7) is 0. The molecule has 1 atom stereocenters. The minimum absolute atomic E-state index is 0.619. The molecule has 0 radical (unpaired) electrons. The standard InChI is InChI=1S/C8H8ClNO2S/c9-5-1-3-6(4-2-5)13-7(10)8(11)12/h1-4,7H,10H2,(H,11,12). The molecule has 0 bridgehead atoms. The van der Waals surface area contributed by atoms with Crippen molar-refractivity contribution in [3.8, 4) is 0 Å². The highest BCUT2D eigenvalue weighted by molar-refractivity contribution is 8.00. The summed E-state index contributed by atoms with van der Waals surface area (Å²) >= 11 is 6.73. The first-order valence-electron chi connectivity index (χ1n) is 3.50. The predicted octanol–water partition coefficient (Wildman–Crippen LogP) is 1.80. The number of hydrogen-bond donors (Lipinski definition) is 2. The van der Waals surface area contributed by atoms with Gasteiger partial charge in [0.25, 0.3) is 0 Å². The number of nitrogens with two attached hydrogens (primary N) is 1. The van der Waals surface area contributed by atoms with Gasteiger partial charge in [0.2, 0.25) is 0 Å². The topological polar surface area (TPSA) is 63.3 Å². The molecule has 5 heteroatoms. The fourth-order valence-electron chi connectivity index (χ4n) is 0.710. The maximum absolute atomic E-state index is 10.4. The van der Waals surface area contributed by atoms with Crippen LogP contribution in [0.3, 0.4) is 0 Å². The molecule has 1 aromatic rings. The van der Waals surface area contributed by atoms with Gasteiger partial charge in [0, 0.05) is 9.92 Å². The number of carbonyl (C=O) groups is 1. The first-order valence-corrected chi connectivity index (χ1v) is 4.76. The number of carboxylic acids is 1. The number of rotatable bonds is 3. The van der Waals surface area contributed by atoms with E-state index in [0.29, 0.717) is 5.02 Å². The van der Waals surface area contributed by atoms with Gasteiger partial charge in [-0.25, -0.2) is 4.79 Å². The molecule has 0 spiro atoms. The van der Waals surface area contributed by atoms with Crippen LogP contribution in [-0.2, 0) is 4.79 Å². The lowest BCUT2D eigenvalue weighted by molar-refractivity contribution is -0.136. The lowest BCUT2D eigenvalue weighted by Crippen LogP contribution is -2.25. The van der Waals surface area contributed by atoms with Crippen LogP contribution in [0, 0.1) is 0 Å². The molecule has 0 aliphatic heterocycles. The Hall–Kier alpha value is -0.710. The Balaban J connectivity index is 2.64.